The number of rotatable bonds is 8. The third-order valence-electron chi connectivity index (χ3n) is 6.01. The van der Waals surface area contributed by atoms with E-state index in [0.717, 1.165) is 34.0 Å². The summed E-state index contributed by atoms with van der Waals surface area (Å²) < 4.78 is 7.24. The highest BCUT2D eigenvalue weighted by Crippen LogP contribution is 2.26. The van der Waals surface area contributed by atoms with Gasteiger partial charge in [0.25, 0.3) is 0 Å². The molecule has 0 unspecified atom stereocenters. The average Bonchev–Trinajstić information content (AvgIpc) is 3.28. The highest BCUT2D eigenvalue weighted by Gasteiger charge is 2.13. The summed E-state index contributed by atoms with van der Waals surface area (Å²) in [6.45, 7) is 6.75. The Bertz CT molecular complexity index is 1270. The number of aryl methyl sites for hydroxylation is 4. The van der Waals surface area contributed by atoms with Gasteiger partial charge in [-0.05, 0) is 62.2 Å². The summed E-state index contributed by atoms with van der Waals surface area (Å²) in [5, 5.41) is 7.90. The first-order valence-corrected chi connectivity index (χ1v) is 11.6. The zero-order chi connectivity index (χ0) is 24.1. The van der Waals surface area contributed by atoms with Crippen LogP contribution in [-0.4, -0.2) is 22.8 Å². The summed E-state index contributed by atoms with van der Waals surface area (Å²) in [6, 6.07) is 24.6. The van der Waals surface area contributed by atoms with Crippen LogP contribution in [0.4, 0.5) is 0 Å². The number of carbonyl (C=O) groups is 1. The molecule has 0 saturated heterocycles. The maximum absolute atomic E-state index is 12.6. The molecule has 0 saturated carbocycles. The van der Waals surface area contributed by atoms with Crippen LogP contribution in [0.5, 0.6) is 5.75 Å². The van der Waals surface area contributed by atoms with Crippen molar-refractivity contribution in [2.24, 2.45) is 0 Å². The van der Waals surface area contributed by atoms with Gasteiger partial charge in [0.15, 0.2) is 0 Å². The number of benzene rings is 3. The van der Waals surface area contributed by atoms with Crippen LogP contribution in [0.1, 0.15) is 34.4 Å². The van der Waals surface area contributed by atoms with E-state index in [1.54, 1.807) is 7.11 Å². The maximum atomic E-state index is 12.6. The molecule has 4 rings (SSSR count). The molecule has 0 radical (unpaired) electrons. The third kappa shape index (κ3) is 5.54. The standard InChI is InChI=1S/C29H31N3O2/c1-20-6-9-23(10-7-20)28-18-25(31-32(28)26-12-14-27(34-4)15-13-26)11-16-29(33)30-19-24-17-21(2)5-8-22(24)3/h5-10,12-15,17-18H,11,16,19H2,1-4H3,(H,30,33). The van der Waals surface area contributed by atoms with E-state index in [1.807, 2.05) is 28.9 Å². The predicted molar refractivity (Wildman–Crippen MR) is 136 cm³/mol. The number of ether oxygens (including phenoxy) is 1. The van der Waals surface area contributed by atoms with Crippen molar-refractivity contribution >= 4 is 5.91 Å². The highest BCUT2D eigenvalue weighted by atomic mass is 16.5. The summed E-state index contributed by atoms with van der Waals surface area (Å²) in [7, 11) is 1.66. The monoisotopic (exact) mass is 453 g/mol. The smallest absolute Gasteiger partial charge is 0.220 e. The van der Waals surface area contributed by atoms with E-state index in [4.69, 9.17) is 9.84 Å². The van der Waals surface area contributed by atoms with Gasteiger partial charge in [-0.1, -0.05) is 53.6 Å². The molecule has 0 fully saturated rings. The van der Waals surface area contributed by atoms with E-state index in [1.165, 1.54) is 16.7 Å². The minimum absolute atomic E-state index is 0.0248. The van der Waals surface area contributed by atoms with Crippen LogP contribution in [0.3, 0.4) is 0 Å². The second kappa shape index (κ2) is 10.4. The minimum Gasteiger partial charge on any atom is -0.497 e. The van der Waals surface area contributed by atoms with Gasteiger partial charge in [-0.25, -0.2) is 4.68 Å². The molecule has 1 N–H and O–H groups in total. The van der Waals surface area contributed by atoms with Gasteiger partial charge in [-0.15, -0.1) is 0 Å². The number of nitrogens with zero attached hydrogens (tertiary/aromatic N) is 2. The van der Waals surface area contributed by atoms with Crippen LogP contribution >= 0.6 is 0 Å². The molecular weight excluding hydrogens is 422 g/mol. The fraction of sp³-hybridized carbons (Fsp3) is 0.241. The van der Waals surface area contributed by atoms with Crippen LogP contribution in [0.25, 0.3) is 16.9 Å². The SMILES string of the molecule is COc1ccc(-n2nc(CCC(=O)NCc3cc(C)ccc3C)cc2-c2ccc(C)cc2)cc1. The lowest BCUT2D eigenvalue weighted by Crippen LogP contribution is -2.23. The molecular formula is C29H31N3O2. The molecule has 5 nitrogen and oxygen atoms in total. The zero-order valence-corrected chi connectivity index (χ0v) is 20.3. The maximum Gasteiger partial charge on any atom is 0.220 e. The summed E-state index contributed by atoms with van der Waals surface area (Å²) in [4.78, 5) is 12.6. The van der Waals surface area contributed by atoms with Crippen molar-refractivity contribution in [3.05, 3.63) is 101 Å². The fourth-order valence-corrected chi connectivity index (χ4v) is 3.92. The largest absolute Gasteiger partial charge is 0.497 e. The number of amides is 1. The van der Waals surface area contributed by atoms with E-state index in [2.05, 4.69) is 74.6 Å². The lowest BCUT2D eigenvalue weighted by Gasteiger charge is -2.09. The summed E-state index contributed by atoms with van der Waals surface area (Å²) in [6.07, 6.45) is 0.957. The molecule has 1 amide bonds. The van der Waals surface area contributed by atoms with Gasteiger partial charge in [-0.3, -0.25) is 4.79 Å². The number of methoxy groups -OCH3 is 1. The molecule has 0 aliphatic carbocycles. The quantitative estimate of drug-likeness (QED) is 0.371. The normalized spacial score (nSPS) is 10.8. The molecule has 4 aromatic rings. The van der Waals surface area contributed by atoms with Gasteiger partial charge in [0, 0.05) is 24.9 Å². The molecule has 1 aromatic heterocycles. The Labute approximate surface area is 201 Å². The third-order valence-corrected chi connectivity index (χ3v) is 6.01. The number of hydrogen-bond acceptors (Lipinski definition) is 3. The number of carbonyl (C=O) groups excluding carboxylic acids is 1. The van der Waals surface area contributed by atoms with Crippen LogP contribution in [0.2, 0.25) is 0 Å². The van der Waals surface area contributed by atoms with Crippen molar-refractivity contribution in [3.8, 4) is 22.7 Å². The first-order valence-electron chi connectivity index (χ1n) is 11.6. The Morgan fingerprint density at radius 1 is 0.912 bits per heavy atom. The Balaban J connectivity index is 1.50. The first kappa shape index (κ1) is 23.3. The summed E-state index contributed by atoms with van der Waals surface area (Å²) >= 11 is 0. The molecule has 1 heterocycles. The lowest BCUT2D eigenvalue weighted by molar-refractivity contribution is -0.121. The van der Waals surface area contributed by atoms with Crippen LogP contribution in [0, 0.1) is 20.8 Å². The van der Waals surface area contributed by atoms with Crippen molar-refractivity contribution < 1.29 is 9.53 Å². The Morgan fingerprint density at radius 3 is 2.32 bits per heavy atom. The molecule has 0 aliphatic heterocycles. The van der Waals surface area contributed by atoms with E-state index < -0.39 is 0 Å². The number of nitrogens with one attached hydrogen (secondary N) is 1. The number of hydrogen-bond donors (Lipinski definition) is 1. The second-order valence-corrected chi connectivity index (χ2v) is 8.70. The topological polar surface area (TPSA) is 56.2 Å². The van der Waals surface area contributed by atoms with Crippen LogP contribution in [-0.2, 0) is 17.8 Å². The van der Waals surface area contributed by atoms with Gasteiger partial charge < -0.3 is 10.1 Å². The van der Waals surface area contributed by atoms with E-state index in [-0.39, 0.29) is 5.91 Å². The summed E-state index contributed by atoms with van der Waals surface area (Å²) in [5.41, 5.74) is 8.65. The van der Waals surface area contributed by atoms with E-state index >= 15 is 0 Å². The second-order valence-electron chi connectivity index (χ2n) is 8.70. The minimum atomic E-state index is 0.0248. The van der Waals surface area contributed by atoms with E-state index in [0.29, 0.717) is 19.4 Å². The van der Waals surface area contributed by atoms with Crippen molar-refractivity contribution in [1.29, 1.82) is 0 Å². The highest BCUT2D eigenvalue weighted by molar-refractivity contribution is 5.76. The summed E-state index contributed by atoms with van der Waals surface area (Å²) in [5.74, 6) is 0.824. The van der Waals surface area contributed by atoms with Gasteiger partial charge in [0.1, 0.15) is 5.75 Å². The van der Waals surface area contributed by atoms with Crippen LogP contribution < -0.4 is 10.1 Å². The van der Waals surface area contributed by atoms with Gasteiger partial charge in [0.05, 0.1) is 24.2 Å². The molecule has 34 heavy (non-hydrogen) atoms. The molecule has 5 heteroatoms. The Hall–Kier alpha value is -3.86. The average molecular weight is 454 g/mol. The zero-order valence-electron chi connectivity index (χ0n) is 20.3. The molecule has 0 bridgehead atoms. The molecule has 174 valence electrons. The van der Waals surface area contributed by atoms with Crippen molar-refractivity contribution in [1.82, 2.24) is 15.1 Å². The number of aromatic nitrogens is 2. The van der Waals surface area contributed by atoms with Crippen molar-refractivity contribution in [2.75, 3.05) is 7.11 Å². The van der Waals surface area contributed by atoms with Gasteiger partial charge >= 0.3 is 0 Å². The van der Waals surface area contributed by atoms with E-state index in [9.17, 15) is 4.79 Å². The molecule has 3 aromatic carbocycles. The molecule has 0 spiro atoms. The molecule has 0 atom stereocenters. The Kier molecular flexibility index (Phi) is 7.12. The molecule has 0 aliphatic rings. The Morgan fingerprint density at radius 2 is 1.62 bits per heavy atom. The predicted octanol–water partition coefficient (Wildman–Crippen LogP) is 5.72. The lowest BCUT2D eigenvalue weighted by atomic mass is 10.1. The first-order chi connectivity index (χ1) is 16.4. The fourth-order valence-electron chi connectivity index (χ4n) is 3.92. The van der Waals surface area contributed by atoms with Gasteiger partial charge in [0.2, 0.25) is 5.91 Å². The van der Waals surface area contributed by atoms with Gasteiger partial charge in [-0.2, -0.15) is 5.10 Å². The van der Waals surface area contributed by atoms with Crippen molar-refractivity contribution in [2.45, 2.75) is 40.2 Å². The van der Waals surface area contributed by atoms with Crippen LogP contribution in [0.15, 0.2) is 72.8 Å². The van der Waals surface area contributed by atoms with Crippen molar-refractivity contribution in [3.63, 3.8) is 0 Å².